The molecule has 0 unspecified atom stereocenters. The van der Waals surface area contributed by atoms with Gasteiger partial charge in [0.15, 0.2) is 0 Å². The lowest BCUT2D eigenvalue weighted by molar-refractivity contribution is 0.0698. The number of aromatic nitrogens is 1. The second kappa shape index (κ2) is 5.67. The monoisotopic (exact) mass is 274 g/mol. The van der Waals surface area contributed by atoms with E-state index in [1.807, 2.05) is 12.1 Å². The van der Waals surface area contributed by atoms with Gasteiger partial charge in [0.1, 0.15) is 0 Å². The number of rotatable bonds is 5. The highest BCUT2D eigenvalue weighted by Gasteiger charge is 2.20. The number of carboxylic acids is 1. The third-order valence-electron chi connectivity index (χ3n) is 3.78. The van der Waals surface area contributed by atoms with Gasteiger partial charge in [-0.3, -0.25) is 0 Å². The zero-order valence-corrected chi connectivity index (χ0v) is 12.3. The molecule has 0 bridgehead atoms. The number of carboxylic acid groups (broad SMARTS) is 1. The fourth-order valence-corrected chi connectivity index (χ4v) is 2.97. The molecule has 20 heavy (non-hydrogen) atoms. The third-order valence-corrected chi connectivity index (χ3v) is 3.78. The van der Waals surface area contributed by atoms with E-state index in [2.05, 4.69) is 25.3 Å². The Morgan fingerprint density at radius 1 is 1.40 bits per heavy atom. The number of nitrogens with two attached hydrogens (primary N) is 1. The van der Waals surface area contributed by atoms with Gasteiger partial charge in [-0.05, 0) is 51.8 Å². The first-order chi connectivity index (χ1) is 9.49. The standard InChI is InChI=1S/C16H22N2O2/c1-10(2)18-11(3)12(8-5-9-17)13-6-4-7-14(15(13)18)16(19)20/h4,6-7,10H,5,8-9,17H2,1-3H3,(H,19,20). The second-order valence-electron chi connectivity index (χ2n) is 5.43. The largest absolute Gasteiger partial charge is 0.478 e. The van der Waals surface area contributed by atoms with Gasteiger partial charge in [0, 0.05) is 17.1 Å². The Labute approximate surface area is 119 Å². The first-order valence-corrected chi connectivity index (χ1v) is 7.04. The van der Waals surface area contributed by atoms with Gasteiger partial charge in [0.05, 0.1) is 11.1 Å². The number of aryl methyl sites for hydroxylation is 1. The summed E-state index contributed by atoms with van der Waals surface area (Å²) in [5.41, 5.74) is 9.20. The summed E-state index contributed by atoms with van der Waals surface area (Å²) in [6.45, 7) is 6.87. The van der Waals surface area contributed by atoms with Crippen molar-refractivity contribution in [3.8, 4) is 0 Å². The van der Waals surface area contributed by atoms with E-state index in [4.69, 9.17) is 5.73 Å². The van der Waals surface area contributed by atoms with Crippen LogP contribution < -0.4 is 5.73 Å². The van der Waals surface area contributed by atoms with Crippen LogP contribution in [0.15, 0.2) is 18.2 Å². The summed E-state index contributed by atoms with van der Waals surface area (Å²) in [6, 6.07) is 5.74. The van der Waals surface area contributed by atoms with Crippen LogP contribution in [0, 0.1) is 6.92 Å². The van der Waals surface area contributed by atoms with Crippen LogP contribution >= 0.6 is 0 Å². The highest BCUT2D eigenvalue weighted by molar-refractivity contribution is 6.04. The fraction of sp³-hybridized carbons (Fsp3) is 0.438. The molecule has 0 radical (unpaired) electrons. The number of benzene rings is 1. The molecule has 1 heterocycles. The smallest absolute Gasteiger partial charge is 0.337 e. The summed E-state index contributed by atoms with van der Waals surface area (Å²) in [5.74, 6) is -0.875. The molecule has 0 atom stereocenters. The SMILES string of the molecule is Cc1c(CCCN)c2cccc(C(=O)O)c2n1C(C)C. The lowest BCUT2D eigenvalue weighted by Gasteiger charge is -2.14. The lowest BCUT2D eigenvalue weighted by atomic mass is 10.0. The summed E-state index contributed by atoms with van der Waals surface area (Å²) in [5, 5.41) is 10.5. The predicted octanol–water partition coefficient (Wildman–Crippen LogP) is 3.12. The van der Waals surface area contributed by atoms with E-state index in [0.29, 0.717) is 12.1 Å². The minimum atomic E-state index is -0.875. The Morgan fingerprint density at radius 2 is 2.10 bits per heavy atom. The van der Waals surface area contributed by atoms with E-state index in [1.54, 1.807) is 6.07 Å². The van der Waals surface area contributed by atoms with Crippen molar-refractivity contribution >= 4 is 16.9 Å². The van der Waals surface area contributed by atoms with E-state index in [0.717, 1.165) is 29.4 Å². The van der Waals surface area contributed by atoms with E-state index >= 15 is 0 Å². The average Bonchev–Trinajstić information content (AvgIpc) is 2.67. The van der Waals surface area contributed by atoms with Crippen LogP contribution in [0.3, 0.4) is 0 Å². The van der Waals surface area contributed by atoms with Crippen LogP contribution in [0.5, 0.6) is 0 Å². The Morgan fingerprint density at radius 3 is 2.65 bits per heavy atom. The van der Waals surface area contributed by atoms with E-state index in [-0.39, 0.29) is 6.04 Å². The van der Waals surface area contributed by atoms with Gasteiger partial charge in [0.25, 0.3) is 0 Å². The molecule has 3 N–H and O–H groups in total. The lowest BCUT2D eigenvalue weighted by Crippen LogP contribution is -2.07. The zero-order chi connectivity index (χ0) is 14.9. The first kappa shape index (κ1) is 14.6. The average molecular weight is 274 g/mol. The fourth-order valence-electron chi connectivity index (χ4n) is 2.97. The van der Waals surface area contributed by atoms with Gasteiger partial charge < -0.3 is 15.4 Å². The van der Waals surface area contributed by atoms with Gasteiger partial charge in [-0.2, -0.15) is 0 Å². The summed E-state index contributed by atoms with van der Waals surface area (Å²) in [6.07, 6.45) is 1.80. The van der Waals surface area contributed by atoms with Crippen LogP contribution in [-0.2, 0) is 6.42 Å². The van der Waals surface area contributed by atoms with Crippen molar-refractivity contribution in [3.63, 3.8) is 0 Å². The van der Waals surface area contributed by atoms with Gasteiger partial charge in [-0.25, -0.2) is 4.79 Å². The highest BCUT2D eigenvalue weighted by atomic mass is 16.4. The molecule has 0 fully saturated rings. The number of nitrogens with zero attached hydrogens (tertiary/aromatic N) is 1. The first-order valence-electron chi connectivity index (χ1n) is 7.04. The molecule has 1 aromatic carbocycles. The molecule has 0 saturated carbocycles. The Balaban J connectivity index is 2.79. The molecule has 4 heteroatoms. The van der Waals surface area contributed by atoms with Crippen molar-refractivity contribution in [2.75, 3.05) is 6.54 Å². The summed E-state index contributed by atoms with van der Waals surface area (Å²) in [4.78, 5) is 11.5. The number of aromatic carboxylic acids is 1. The minimum absolute atomic E-state index is 0.227. The van der Waals surface area contributed by atoms with Crippen molar-refractivity contribution in [1.29, 1.82) is 0 Å². The second-order valence-corrected chi connectivity index (χ2v) is 5.43. The zero-order valence-electron chi connectivity index (χ0n) is 12.3. The molecule has 2 rings (SSSR count). The Bertz CT molecular complexity index is 641. The molecule has 0 saturated heterocycles. The maximum absolute atomic E-state index is 11.5. The minimum Gasteiger partial charge on any atom is -0.478 e. The molecule has 0 spiro atoms. The molecule has 0 aliphatic rings. The number of hydrogen-bond acceptors (Lipinski definition) is 2. The van der Waals surface area contributed by atoms with Crippen molar-refractivity contribution in [2.45, 2.75) is 39.7 Å². The molecular weight excluding hydrogens is 252 g/mol. The van der Waals surface area contributed by atoms with Crippen LogP contribution in [0.4, 0.5) is 0 Å². The van der Waals surface area contributed by atoms with Crippen molar-refractivity contribution in [1.82, 2.24) is 4.57 Å². The summed E-state index contributed by atoms with van der Waals surface area (Å²) in [7, 11) is 0. The highest BCUT2D eigenvalue weighted by Crippen LogP contribution is 2.32. The van der Waals surface area contributed by atoms with E-state index < -0.39 is 5.97 Å². The summed E-state index contributed by atoms with van der Waals surface area (Å²) >= 11 is 0. The number of para-hydroxylation sites is 1. The molecule has 1 aromatic heterocycles. The normalized spacial score (nSPS) is 11.4. The van der Waals surface area contributed by atoms with Crippen LogP contribution in [0.2, 0.25) is 0 Å². The van der Waals surface area contributed by atoms with Gasteiger partial charge >= 0.3 is 5.97 Å². The van der Waals surface area contributed by atoms with Gasteiger partial charge in [-0.15, -0.1) is 0 Å². The molecule has 0 aliphatic carbocycles. The Hall–Kier alpha value is -1.81. The molecular formula is C16H22N2O2. The molecule has 2 aromatic rings. The van der Waals surface area contributed by atoms with E-state index in [1.165, 1.54) is 5.56 Å². The number of fused-ring (bicyclic) bond motifs is 1. The molecule has 108 valence electrons. The molecule has 4 nitrogen and oxygen atoms in total. The van der Waals surface area contributed by atoms with Gasteiger partial charge in [0.2, 0.25) is 0 Å². The van der Waals surface area contributed by atoms with E-state index in [9.17, 15) is 9.90 Å². The van der Waals surface area contributed by atoms with Crippen LogP contribution in [0.1, 0.15) is 47.9 Å². The van der Waals surface area contributed by atoms with Crippen LogP contribution in [-0.4, -0.2) is 22.2 Å². The number of hydrogen-bond donors (Lipinski definition) is 2. The quantitative estimate of drug-likeness (QED) is 0.880. The van der Waals surface area contributed by atoms with Crippen molar-refractivity contribution in [3.05, 3.63) is 35.0 Å². The maximum Gasteiger partial charge on any atom is 0.337 e. The molecule has 0 amide bonds. The topological polar surface area (TPSA) is 68.2 Å². The third kappa shape index (κ3) is 2.31. The van der Waals surface area contributed by atoms with Crippen LogP contribution in [0.25, 0.3) is 10.9 Å². The molecule has 0 aliphatic heterocycles. The summed E-state index contributed by atoms with van der Waals surface area (Å²) < 4.78 is 2.13. The number of carbonyl (C=O) groups is 1. The Kier molecular flexibility index (Phi) is 4.14. The predicted molar refractivity (Wildman–Crippen MR) is 81.4 cm³/mol. The maximum atomic E-state index is 11.5. The van der Waals surface area contributed by atoms with Crippen molar-refractivity contribution < 1.29 is 9.90 Å². The van der Waals surface area contributed by atoms with Crippen molar-refractivity contribution in [2.24, 2.45) is 5.73 Å². The van der Waals surface area contributed by atoms with Gasteiger partial charge in [-0.1, -0.05) is 12.1 Å².